The summed E-state index contributed by atoms with van der Waals surface area (Å²) in [6.07, 6.45) is 1.10. The van der Waals surface area contributed by atoms with E-state index in [1.165, 1.54) is 16.7 Å². The monoisotopic (exact) mass is 426 g/mol. The van der Waals surface area contributed by atoms with E-state index >= 15 is 0 Å². The highest BCUT2D eigenvalue weighted by molar-refractivity contribution is 5.94. The molecule has 0 saturated carbocycles. The number of likely N-dealkylation sites (tertiary alicyclic amines) is 1. The second-order valence-corrected chi connectivity index (χ2v) is 8.97. The molecule has 0 spiro atoms. The van der Waals surface area contributed by atoms with E-state index in [2.05, 4.69) is 59.5 Å². The summed E-state index contributed by atoms with van der Waals surface area (Å²) in [5.74, 6) is 1.58. The zero-order valence-electron chi connectivity index (χ0n) is 18.6. The van der Waals surface area contributed by atoms with Crippen LogP contribution in [-0.4, -0.2) is 49.0 Å². The molecule has 32 heavy (non-hydrogen) atoms. The van der Waals surface area contributed by atoms with Crippen molar-refractivity contribution in [1.29, 1.82) is 0 Å². The van der Waals surface area contributed by atoms with E-state index < -0.39 is 0 Å². The summed E-state index contributed by atoms with van der Waals surface area (Å²) < 4.78 is 5.33. The van der Waals surface area contributed by atoms with Gasteiger partial charge in [-0.25, -0.2) is 0 Å². The lowest BCUT2D eigenvalue weighted by atomic mass is 9.88. The van der Waals surface area contributed by atoms with E-state index in [-0.39, 0.29) is 5.91 Å². The highest BCUT2D eigenvalue weighted by atomic mass is 16.5. The average Bonchev–Trinajstić information content (AvgIpc) is 3.27. The number of carbonyl (C=O) groups excluding carboxylic acids is 1. The quantitative estimate of drug-likeness (QED) is 0.597. The lowest BCUT2D eigenvalue weighted by Crippen LogP contribution is -2.37. The number of ether oxygens (including phenoxy) is 1. The zero-order chi connectivity index (χ0) is 21.9. The van der Waals surface area contributed by atoms with Crippen LogP contribution in [0.25, 0.3) is 0 Å². The molecule has 164 valence electrons. The van der Waals surface area contributed by atoms with Crippen molar-refractivity contribution in [2.24, 2.45) is 5.92 Å². The van der Waals surface area contributed by atoms with E-state index in [0.29, 0.717) is 17.4 Å². The van der Waals surface area contributed by atoms with Crippen molar-refractivity contribution in [3.8, 4) is 5.75 Å². The van der Waals surface area contributed by atoms with E-state index in [4.69, 9.17) is 4.74 Å². The first-order valence-corrected chi connectivity index (χ1v) is 11.5. The summed E-state index contributed by atoms with van der Waals surface area (Å²) in [6, 6.07) is 27.0. The Morgan fingerprint density at radius 3 is 2.53 bits per heavy atom. The predicted molar refractivity (Wildman–Crippen MR) is 127 cm³/mol. The van der Waals surface area contributed by atoms with E-state index in [9.17, 15) is 4.79 Å². The third-order valence-electron chi connectivity index (χ3n) is 6.98. The van der Waals surface area contributed by atoms with Gasteiger partial charge in [0.1, 0.15) is 5.75 Å². The molecule has 3 aromatic rings. The van der Waals surface area contributed by atoms with Crippen molar-refractivity contribution in [3.05, 3.63) is 101 Å². The van der Waals surface area contributed by atoms with E-state index in [1.54, 1.807) is 7.11 Å². The smallest absolute Gasteiger partial charge is 0.254 e. The standard InChI is InChI=1S/C28H30N2O2/c1-32-26-13-7-12-23(16-26)28(31)30-19-25(27(20-30)22-9-3-2-4-10-22)18-29-15-14-21-8-5-6-11-24(21)17-29/h2-13,16,25,27H,14-15,17-20H2,1H3. The molecule has 1 amide bonds. The van der Waals surface area contributed by atoms with Gasteiger partial charge in [-0.05, 0) is 47.2 Å². The first kappa shape index (κ1) is 20.8. The zero-order valence-corrected chi connectivity index (χ0v) is 18.6. The molecule has 2 heterocycles. The molecule has 0 aromatic heterocycles. The molecule has 0 aliphatic carbocycles. The minimum Gasteiger partial charge on any atom is -0.497 e. The lowest BCUT2D eigenvalue weighted by Gasteiger charge is -2.32. The van der Waals surface area contributed by atoms with Gasteiger partial charge in [0.15, 0.2) is 0 Å². The maximum absolute atomic E-state index is 13.4. The number of rotatable bonds is 5. The van der Waals surface area contributed by atoms with Crippen LogP contribution in [0.1, 0.15) is 33.0 Å². The molecule has 5 rings (SSSR count). The second kappa shape index (κ2) is 9.17. The third-order valence-corrected chi connectivity index (χ3v) is 6.98. The fraction of sp³-hybridized carbons (Fsp3) is 0.321. The van der Waals surface area contributed by atoms with Gasteiger partial charge in [0.2, 0.25) is 0 Å². The van der Waals surface area contributed by atoms with Crippen LogP contribution in [0.4, 0.5) is 0 Å². The predicted octanol–water partition coefficient (Wildman–Crippen LogP) is 4.61. The average molecular weight is 427 g/mol. The molecule has 0 radical (unpaired) electrons. The number of carbonyl (C=O) groups is 1. The number of nitrogens with zero attached hydrogens (tertiary/aromatic N) is 2. The Bertz CT molecular complexity index is 1080. The largest absolute Gasteiger partial charge is 0.497 e. The first-order valence-electron chi connectivity index (χ1n) is 11.5. The Balaban J connectivity index is 1.36. The van der Waals surface area contributed by atoms with Crippen LogP contribution in [0.5, 0.6) is 5.75 Å². The minimum atomic E-state index is 0.0938. The van der Waals surface area contributed by atoms with Crippen LogP contribution in [-0.2, 0) is 13.0 Å². The molecule has 1 fully saturated rings. The van der Waals surface area contributed by atoms with Crippen molar-refractivity contribution in [1.82, 2.24) is 9.80 Å². The molecule has 0 bridgehead atoms. The topological polar surface area (TPSA) is 32.8 Å². The van der Waals surface area contributed by atoms with Crippen LogP contribution < -0.4 is 4.74 Å². The van der Waals surface area contributed by atoms with Gasteiger partial charge in [-0.2, -0.15) is 0 Å². The summed E-state index contributed by atoms with van der Waals surface area (Å²) in [4.78, 5) is 18.0. The number of hydrogen-bond donors (Lipinski definition) is 0. The van der Waals surface area contributed by atoms with Gasteiger partial charge in [-0.15, -0.1) is 0 Å². The number of methoxy groups -OCH3 is 1. The number of hydrogen-bond acceptors (Lipinski definition) is 3. The molecule has 0 N–H and O–H groups in total. The van der Waals surface area contributed by atoms with Crippen molar-refractivity contribution < 1.29 is 9.53 Å². The summed E-state index contributed by atoms with van der Waals surface area (Å²) in [7, 11) is 1.64. The van der Waals surface area contributed by atoms with Gasteiger partial charge >= 0.3 is 0 Å². The Kier molecular flexibility index (Phi) is 5.95. The summed E-state index contributed by atoms with van der Waals surface area (Å²) in [5.41, 5.74) is 4.95. The molecular weight excluding hydrogens is 396 g/mol. The maximum Gasteiger partial charge on any atom is 0.254 e. The maximum atomic E-state index is 13.4. The normalized spacial score (nSPS) is 20.7. The van der Waals surface area contributed by atoms with Crippen LogP contribution >= 0.6 is 0 Å². The Morgan fingerprint density at radius 2 is 1.72 bits per heavy atom. The van der Waals surface area contributed by atoms with Gasteiger partial charge in [0, 0.05) is 44.2 Å². The molecule has 1 saturated heterocycles. The van der Waals surface area contributed by atoms with Crippen molar-refractivity contribution in [2.75, 3.05) is 33.3 Å². The van der Waals surface area contributed by atoms with Crippen LogP contribution in [0.15, 0.2) is 78.9 Å². The van der Waals surface area contributed by atoms with E-state index in [0.717, 1.165) is 44.9 Å². The van der Waals surface area contributed by atoms with Crippen LogP contribution in [0.2, 0.25) is 0 Å². The SMILES string of the molecule is COc1cccc(C(=O)N2CC(CN3CCc4ccccc4C3)C(c3ccccc3)C2)c1. The lowest BCUT2D eigenvalue weighted by molar-refractivity contribution is 0.0781. The van der Waals surface area contributed by atoms with Gasteiger partial charge in [-0.3, -0.25) is 9.69 Å². The molecule has 2 unspecified atom stereocenters. The van der Waals surface area contributed by atoms with Crippen molar-refractivity contribution in [3.63, 3.8) is 0 Å². The highest BCUT2D eigenvalue weighted by Crippen LogP contribution is 2.35. The van der Waals surface area contributed by atoms with Gasteiger partial charge in [0.25, 0.3) is 5.91 Å². The fourth-order valence-corrected chi connectivity index (χ4v) is 5.28. The second-order valence-electron chi connectivity index (χ2n) is 8.97. The van der Waals surface area contributed by atoms with Crippen molar-refractivity contribution >= 4 is 5.91 Å². The molecule has 2 aliphatic heterocycles. The Labute approximate surface area is 190 Å². The summed E-state index contributed by atoms with van der Waals surface area (Å²) >= 11 is 0. The Hall–Kier alpha value is -3.11. The van der Waals surface area contributed by atoms with Gasteiger partial charge in [0.05, 0.1) is 7.11 Å². The molecule has 4 nitrogen and oxygen atoms in total. The molecule has 4 heteroatoms. The van der Waals surface area contributed by atoms with Gasteiger partial charge < -0.3 is 9.64 Å². The third kappa shape index (κ3) is 4.28. The molecule has 3 aromatic carbocycles. The minimum absolute atomic E-state index is 0.0938. The fourth-order valence-electron chi connectivity index (χ4n) is 5.28. The van der Waals surface area contributed by atoms with Crippen molar-refractivity contribution in [2.45, 2.75) is 18.9 Å². The van der Waals surface area contributed by atoms with Crippen LogP contribution in [0.3, 0.4) is 0 Å². The van der Waals surface area contributed by atoms with E-state index in [1.807, 2.05) is 29.2 Å². The number of fused-ring (bicyclic) bond motifs is 1. The first-order chi connectivity index (χ1) is 15.7. The number of amides is 1. The van der Waals surface area contributed by atoms with Gasteiger partial charge in [-0.1, -0.05) is 60.7 Å². The summed E-state index contributed by atoms with van der Waals surface area (Å²) in [5, 5.41) is 0. The summed E-state index contributed by atoms with van der Waals surface area (Å²) in [6.45, 7) is 4.63. The Morgan fingerprint density at radius 1 is 0.938 bits per heavy atom. The highest BCUT2D eigenvalue weighted by Gasteiger charge is 2.37. The molecular formula is C28H30N2O2. The molecule has 2 aliphatic rings. The number of benzene rings is 3. The van der Waals surface area contributed by atoms with Crippen LogP contribution in [0, 0.1) is 5.92 Å². The molecule has 2 atom stereocenters.